The molecule has 2 aromatic rings. The molecule has 0 radical (unpaired) electrons. The summed E-state index contributed by atoms with van der Waals surface area (Å²) in [5.74, 6) is -0.382. The van der Waals surface area contributed by atoms with Gasteiger partial charge in [0.1, 0.15) is 0 Å². The number of nitrogens with one attached hydrogen (secondary N) is 2. The van der Waals surface area contributed by atoms with Gasteiger partial charge in [0.05, 0.1) is 6.42 Å². The Morgan fingerprint density at radius 1 is 0.850 bits per heavy atom. The van der Waals surface area contributed by atoms with Crippen LogP contribution in [-0.2, 0) is 11.2 Å². The van der Waals surface area contributed by atoms with Crippen LogP contribution in [0, 0.1) is 0 Å². The SMILES string of the molecule is NC(=O)Cc1ccc(NC(=O)Nc2ccccc2)cc1. The van der Waals surface area contributed by atoms with Crippen LogP contribution in [-0.4, -0.2) is 11.9 Å². The van der Waals surface area contributed by atoms with Crippen LogP contribution < -0.4 is 16.4 Å². The number of nitrogens with two attached hydrogens (primary N) is 1. The van der Waals surface area contributed by atoms with Crippen LogP contribution in [0.25, 0.3) is 0 Å². The number of para-hydroxylation sites is 1. The van der Waals surface area contributed by atoms with E-state index in [9.17, 15) is 9.59 Å². The molecule has 0 saturated carbocycles. The quantitative estimate of drug-likeness (QED) is 0.796. The van der Waals surface area contributed by atoms with Gasteiger partial charge in [-0.1, -0.05) is 30.3 Å². The number of anilines is 2. The van der Waals surface area contributed by atoms with Gasteiger partial charge in [0, 0.05) is 11.4 Å². The van der Waals surface area contributed by atoms with E-state index in [1.807, 2.05) is 18.2 Å². The summed E-state index contributed by atoms with van der Waals surface area (Å²) in [7, 11) is 0. The Labute approximate surface area is 116 Å². The Balaban J connectivity index is 1.93. The molecular weight excluding hydrogens is 254 g/mol. The van der Waals surface area contributed by atoms with E-state index in [2.05, 4.69) is 10.6 Å². The number of primary amides is 1. The molecule has 0 unspecified atom stereocenters. The second-order valence-electron chi connectivity index (χ2n) is 4.29. The number of urea groups is 1. The number of carbonyl (C=O) groups excluding carboxylic acids is 2. The lowest BCUT2D eigenvalue weighted by atomic mass is 10.1. The van der Waals surface area contributed by atoms with Gasteiger partial charge in [0.2, 0.25) is 5.91 Å². The molecule has 0 aliphatic heterocycles. The summed E-state index contributed by atoms with van der Waals surface area (Å²) in [6, 6.07) is 15.8. The van der Waals surface area contributed by atoms with Crippen molar-refractivity contribution in [2.75, 3.05) is 10.6 Å². The second kappa shape index (κ2) is 6.38. The Bertz CT molecular complexity index is 594. The maximum absolute atomic E-state index is 11.7. The van der Waals surface area contributed by atoms with Crippen molar-refractivity contribution in [3.05, 3.63) is 60.2 Å². The normalized spacial score (nSPS) is 9.80. The Morgan fingerprint density at radius 2 is 1.40 bits per heavy atom. The van der Waals surface area contributed by atoms with Crippen molar-refractivity contribution in [3.8, 4) is 0 Å². The molecule has 0 bridgehead atoms. The molecule has 0 aliphatic carbocycles. The minimum absolute atomic E-state index is 0.191. The van der Waals surface area contributed by atoms with E-state index in [-0.39, 0.29) is 18.4 Å². The molecule has 0 heterocycles. The molecule has 0 spiro atoms. The number of hydrogen-bond acceptors (Lipinski definition) is 2. The van der Waals surface area contributed by atoms with E-state index >= 15 is 0 Å². The fourth-order valence-electron chi connectivity index (χ4n) is 1.72. The molecule has 0 aliphatic rings. The third kappa shape index (κ3) is 4.13. The zero-order chi connectivity index (χ0) is 14.4. The number of hydrogen-bond donors (Lipinski definition) is 3. The summed E-state index contributed by atoms with van der Waals surface area (Å²) >= 11 is 0. The first kappa shape index (κ1) is 13.6. The number of carbonyl (C=O) groups is 2. The van der Waals surface area contributed by atoms with Crippen LogP contribution in [0.15, 0.2) is 54.6 Å². The van der Waals surface area contributed by atoms with Crippen LogP contribution in [0.3, 0.4) is 0 Å². The first-order valence-corrected chi connectivity index (χ1v) is 6.14. The molecule has 0 saturated heterocycles. The van der Waals surface area contributed by atoms with E-state index < -0.39 is 0 Å². The molecule has 0 aromatic heterocycles. The topological polar surface area (TPSA) is 84.2 Å². The van der Waals surface area contributed by atoms with Gasteiger partial charge in [-0.15, -0.1) is 0 Å². The summed E-state index contributed by atoms with van der Waals surface area (Å²) in [5.41, 5.74) is 7.29. The maximum Gasteiger partial charge on any atom is 0.323 e. The highest BCUT2D eigenvalue weighted by Gasteiger charge is 2.03. The van der Waals surface area contributed by atoms with Gasteiger partial charge in [-0.3, -0.25) is 4.79 Å². The monoisotopic (exact) mass is 269 g/mol. The third-order valence-corrected chi connectivity index (χ3v) is 2.62. The van der Waals surface area contributed by atoms with Crippen LogP contribution in [0.5, 0.6) is 0 Å². The molecule has 2 aromatic carbocycles. The summed E-state index contributed by atoms with van der Waals surface area (Å²) in [5, 5.41) is 5.42. The van der Waals surface area contributed by atoms with Crippen molar-refractivity contribution in [1.29, 1.82) is 0 Å². The van der Waals surface area contributed by atoms with Gasteiger partial charge >= 0.3 is 6.03 Å². The predicted octanol–water partition coefficient (Wildman–Crippen LogP) is 2.36. The third-order valence-electron chi connectivity index (χ3n) is 2.62. The average Bonchev–Trinajstić information content (AvgIpc) is 2.41. The van der Waals surface area contributed by atoms with Gasteiger partial charge in [-0.2, -0.15) is 0 Å². The molecule has 0 fully saturated rings. The molecule has 3 amide bonds. The lowest BCUT2D eigenvalue weighted by Crippen LogP contribution is -2.19. The van der Waals surface area contributed by atoms with Gasteiger partial charge in [-0.25, -0.2) is 4.79 Å². The summed E-state index contributed by atoms with van der Waals surface area (Å²) in [6.45, 7) is 0. The van der Waals surface area contributed by atoms with Gasteiger partial charge < -0.3 is 16.4 Å². The van der Waals surface area contributed by atoms with Crippen molar-refractivity contribution < 1.29 is 9.59 Å². The van der Waals surface area contributed by atoms with Crippen molar-refractivity contribution >= 4 is 23.3 Å². The lowest BCUT2D eigenvalue weighted by molar-refractivity contribution is -0.117. The fraction of sp³-hybridized carbons (Fsp3) is 0.0667. The van der Waals surface area contributed by atoms with Crippen molar-refractivity contribution in [2.24, 2.45) is 5.73 Å². The summed E-state index contributed by atoms with van der Waals surface area (Å²) < 4.78 is 0. The first-order chi connectivity index (χ1) is 9.63. The molecule has 0 atom stereocenters. The molecular formula is C15H15N3O2. The van der Waals surface area contributed by atoms with Crippen LogP contribution in [0.2, 0.25) is 0 Å². The van der Waals surface area contributed by atoms with E-state index in [1.54, 1.807) is 36.4 Å². The number of amides is 3. The van der Waals surface area contributed by atoms with Gasteiger partial charge in [0.15, 0.2) is 0 Å². The highest BCUT2D eigenvalue weighted by molar-refractivity contribution is 5.99. The van der Waals surface area contributed by atoms with Gasteiger partial charge in [-0.05, 0) is 29.8 Å². The first-order valence-electron chi connectivity index (χ1n) is 6.14. The molecule has 5 nitrogen and oxygen atoms in total. The minimum Gasteiger partial charge on any atom is -0.369 e. The van der Waals surface area contributed by atoms with Crippen LogP contribution >= 0.6 is 0 Å². The average molecular weight is 269 g/mol. The van der Waals surface area contributed by atoms with Crippen molar-refractivity contribution in [3.63, 3.8) is 0 Å². The predicted molar refractivity (Wildman–Crippen MR) is 78.4 cm³/mol. The number of rotatable bonds is 4. The van der Waals surface area contributed by atoms with E-state index in [4.69, 9.17) is 5.73 Å². The highest BCUT2D eigenvalue weighted by Crippen LogP contribution is 2.11. The highest BCUT2D eigenvalue weighted by atomic mass is 16.2. The van der Waals surface area contributed by atoms with Crippen LogP contribution in [0.4, 0.5) is 16.2 Å². The second-order valence-corrected chi connectivity index (χ2v) is 4.29. The van der Waals surface area contributed by atoms with Crippen LogP contribution in [0.1, 0.15) is 5.56 Å². The molecule has 20 heavy (non-hydrogen) atoms. The minimum atomic E-state index is -0.382. The Kier molecular flexibility index (Phi) is 4.34. The zero-order valence-electron chi connectivity index (χ0n) is 10.8. The van der Waals surface area contributed by atoms with Crippen molar-refractivity contribution in [1.82, 2.24) is 0 Å². The maximum atomic E-state index is 11.7. The van der Waals surface area contributed by atoms with E-state index in [0.717, 1.165) is 11.3 Å². The summed E-state index contributed by atoms with van der Waals surface area (Å²) in [4.78, 5) is 22.5. The Hall–Kier alpha value is -2.82. The molecule has 5 heteroatoms. The number of benzene rings is 2. The molecule has 4 N–H and O–H groups in total. The molecule has 2 rings (SSSR count). The smallest absolute Gasteiger partial charge is 0.323 e. The fourth-order valence-corrected chi connectivity index (χ4v) is 1.72. The van der Waals surface area contributed by atoms with Gasteiger partial charge in [0.25, 0.3) is 0 Å². The lowest BCUT2D eigenvalue weighted by Gasteiger charge is -2.08. The largest absolute Gasteiger partial charge is 0.369 e. The Morgan fingerprint density at radius 3 is 1.95 bits per heavy atom. The zero-order valence-corrected chi connectivity index (χ0v) is 10.8. The molecule has 102 valence electrons. The van der Waals surface area contributed by atoms with E-state index in [1.165, 1.54) is 0 Å². The summed E-state index contributed by atoms with van der Waals surface area (Å²) in [6.07, 6.45) is 0.191. The van der Waals surface area contributed by atoms with Crippen molar-refractivity contribution in [2.45, 2.75) is 6.42 Å². The van der Waals surface area contributed by atoms with E-state index in [0.29, 0.717) is 5.69 Å². The standard InChI is InChI=1S/C15H15N3O2/c16-14(19)10-11-6-8-13(9-7-11)18-15(20)17-12-4-2-1-3-5-12/h1-9H,10H2,(H2,16,19)(H2,17,18,20).